The fourth-order valence-electron chi connectivity index (χ4n) is 3.04. The van der Waals surface area contributed by atoms with E-state index in [1.807, 2.05) is 0 Å². The van der Waals surface area contributed by atoms with Gasteiger partial charge in [0.2, 0.25) is 0 Å². The van der Waals surface area contributed by atoms with Gasteiger partial charge < -0.3 is 10.2 Å². The van der Waals surface area contributed by atoms with Crippen molar-refractivity contribution in [2.24, 2.45) is 11.8 Å². The van der Waals surface area contributed by atoms with Crippen LogP contribution < -0.4 is 5.32 Å². The molecular formula is C15H30N2. The first kappa shape index (κ1) is 13.4. The Morgan fingerprint density at radius 3 is 2.35 bits per heavy atom. The highest BCUT2D eigenvalue weighted by Crippen LogP contribution is 2.26. The highest BCUT2D eigenvalue weighted by molar-refractivity contribution is 4.82. The van der Waals surface area contributed by atoms with Crippen LogP contribution in [0.25, 0.3) is 0 Å². The van der Waals surface area contributed by atoms with Crippen LogP contribution in [0, 0.1) is 11.8 Å². The molecule has 0 spiro atoms. The van der Waals surface area contributed by atoms with Gasteiger partial charge in [-0.1, -0.05) is 13.8 Å². The molecule has 2 heteroatoms. The Morgan fingerprint density at radius 1 is 1.12 bits per heavy atom. The SMILES string of the molecule is CC1CCC(N(C)CC(C)CNC2CC2)CC1. The van der Waals surface area contributed by atoms with E-state index in [9.17, 15) is 0 Å². The summed E-state index contributed by atoms with van der Waals surface area (Å²) in [5.74, 6) is 1.76. The van der Waals surface area contributed by atoms with E-state index in [0.29, 0.717) is 0 Å². The van der Waals surface area contributed by atoms with Crippen LogP contribution in [-0.2, 0) is 0 Å². The lowest BCUT2D eigenvalue weighted by atomic mass is 9.86. The maximum atomic E-state index is 3.65. The Morgan fingerprint density at radius 2 is 1.76 bits per heavy atom. The monoisotopic (exact) mass is 238 g/mol. The molecule has 0 amide bonds. The number of rotatable bonds is 6. The second-order valence-corrected chi connectivity index (χ2v) is 6.64. The van der Waals surface area contributed by atoms with Crippen LogP contribution in [-0.4, -0.2) is 37.1 Å². The quantitative estimate of drug-likeness (QED) is 0.765. The van der Waals surface area contributed by atoms with Gasteiger partial charge >= 0.3 is 0 Å². The zero-order valence-corrected chi connectivity index (χ0v) is 11.9. The van der Waals surface area contributed by atoms with Crippen molar-refractivity contribution in [3.63, 3.8) is 0 Å². The Bertz CT molecular complexity index is 217. The van der Waals surface area contributed by atoms with E-state index in [1.54, 1.807) is 0 Å². The van der Waals surface area contributed by atoms with Gasteiger partial charge in [0.05, 0.1) is 0 Å². The van der Waals surface area contributed by atoms with E-state index >= 15 is 0 Å². The maximum absolute atomic E-state index is 3.65. The van der Waals surface area contributed by atoms with Crippen molar-refractivity contribution in [2.75, 3.05) is 20.1 Å². The van der Waals surface area contributed by atoms with Crippen molar-refractivity contribution in [1.82, 2.24) is 10.2 Å². The summed E-state index contributed by atoms with van der Waals surface area (Å²) in [7, 11) is 2.33. The summed E-state index contributed by atoms with van der Waals surface area (Å²) < 4.78 is 0. The molecule has 100 valence electrons. The average molecular weight is 238 g/mol. The third-order valence-electron chi connectivity index (χ3n) is 4.54. The van der Waals surface area contributed by atoms with E-state index in [4.69, 9.17) is 0 Å². The lowest BCUT2D eigenvalue weighted by Gasteiger charge is -2.35. The van der Waals surface area contributed by atoms with E-state index in [-0.39, 0.29) is 0 Å². The molecule has 2 rings (SSSR count). The van der Waals surface area contributed by atoms with Gasteiger partial charge in [-0.3, -0.25) is 0 Å². The first-order chi connectivity index (χ1) is 8.15. The van der Waals surface area contributed by atoms with Crippen LogP contribution in [0.3, 0.4) is 0 Å². The van der Waals surface area contributed by atoms with Crippen LogP contribution in [0.1, 0.15) is 52.4 Å². The number of hydrogen-bond acceptors (Lipinski definition) is 2. The summed E-state index contributed by atoms with van der Waals surface area (Å²) in [6.45, 7) is 7.26. The minimum absolute atomic E-state index is 0.792. The van der Waals surface area contributed by atoms with E-state index in [1.165, 1.54) is 51.6 Å². The van der Waals surface area contributed by atoms with Gasteiger partial charge in [0, 0.05) is 18.6 Å². The molecule has 0 radical (unpaired) electrons. The smallest absolute Gasteiger partial charge is 0.00925 e. The summed E-state index contributed by atoms with van der Waals surface area (Å²) in [4.78, 5) is 2.62. The minimum Gasteiger partial charge on any atom is -0.314 e. The zero-order valence-electron chi connectivity index (χ0n) is 11.9. The highest BCUT2D eigenvalue weighted by atomic mass is 15.1. The number of hydrogen-bond donors (Lipinski definition) is 1. The summed E-state index contributed by atoms with van der Waals surface area (Å²) in [6.07, 6.45) is 8.51. The normalized spacial score (nSPS) is 31.8. The van der Waals surface area contributed by atoms with Gasteiger partial charge in [-0.25, -0.2) is 0 Å². The van der Waals surface area contributed by atoms with Crippen molar-refractivity contribution in [1.29, 1.82) is 0 Å². The molecule has 0 saturated heterocycles. The first-order valence-corrected chi connectivity index (χ1v) is 7.58. The molecule has 2 nitrogen and oxygen atoms in total. The molecule has 0 bridgehead atoms. The Hall–Kier alpha value is -0.0800. The summed E-state index contributed by atoms with van der Waals surface area (Å²) >= 11 is 0. The van der Waals surface area contributed by atoms with Gasteiger partial charge in [-0.15, -0.1) is 0 Å². The molecular weight excluding hydrogens is 208 g/mol. The molecule has 2 aliphatic carbocycles. The maximum Gasteiger partial charge on any atom is 0.00925 e. The largest absolute Gasteiger partial charge is 0.314 e. The molecule has 0 heterocycles. The second kappa shape index (κ2) is 6.19. The molecule has 1 unspecified atom stereocenters. The molecule has 0 aromatic heterocycles. The molecule has 1 atom stereocenters. The van der Waals surface area contributed by atoms with Crippen molar-refractivity contribution < 1.29 is 0 Å². The third-order valence-corrected chi connectivity index (χ3v) is 4.54. The lowest BCUT2D eigenvalue weighted by molar-refractivity contribution is 0.152. The van der Waals surface area contributed by atoms with Crippen LogP contribution in [0.4, 0.5) is 0 Å². The molecule has 2 fully saturated rings. The first-order valence-electron chi connectivity index (χ1n) is 7.58. The molecule has 0 aromatic carbocycles. The Kier molecular flexibility index (Phi) is 4.87. The molecule has 0 aliphatic heterocycles. The molecule has 1 N–H and O–H groups in total. The standard InChI is InChI=1S/C15H30N2/c1-12-4-8-15(9-5-12)17(3)11-13(2)10-16-14-6-7-14/h12-16H,4-11H2,1-3H3. The minimum atomic E-state index is 0.792. The van der Waals surface area contributed by atoms with Crippen molar-refractivity contribution >= 4 is 0 Å². The molecule has 2 aliphatic rings. The second-order valence-electron chi connectivity index (χ2n) is 6.64. The summed E-state index contributed by atoms with van der Waals surface area (Å²) in [5, 5.41) is 3.65. The summed E-state index contributed by atoms with van der Waals surface area (Å²) in [6, 6.07) is 1.72. The van der Waals surface area contributed by atoms with Gasteiger partial charge in [-0.05, 0) is 64.0 Å². The van der Waals surface area contributed by atoms with Crippen LogP contribution in [0.5, 0.6) is 0 Å². The van der Waals surface area contributed by atoms with Crippen molar-refractivity contribution in [2.45, 2.75) is 64.5 Å². The van der Waals surface area contributed by atoms with Crippen LogP contribution in [0.2, 0.25) is 0 Å². The van der Waals surface area contributed by atoms with Gasteiger partial charge in [0.1, 0.15) is 0 Å². The Balaban J connectivity index is 1.62. The fourth-order valence-corrected chi connectivity index (χ4v) is 3.04. The average Bonchev–Trinajstić information content (AvgIpc) is 3.11. The number of nitrogens with one attached hydrogen (secondary N) is 1. The van der Waals surface area contributed by atoms with E-state index < -0.39 is 0 Å². The fraction of sp³-hybridized carbons (Fsp3) is 1.00. The highest BCUT2D eigenvalue weighted by Gasteiger charge is 2.24. The topological polar surface area (TPSA) is 15.3 Å². The van der Waals surface area contributed by atoms with Crippen molar-refractivity contribution in [3.8, 4) is 0 Å². The third kappa shape index (κ3) is 4.59. The molecule has 2 saturated carbocycles. The van der Waals surface area contributed by atoms with Crippen LogP contribution in [0.15, 0.2) is 0 Å². The Labute approximate surface area is 107 Å². The van der Waals surface area contributed by atoms with Gasteiger partial charge in [-0.2, -0.15) is 0 Å². The lowest BCUT2D eigenvalue weighted by Crippen LogP contribution is -2.39. The van der Waals surface area contributed by atoms with Crippen LogP contribution >= 0.6 is 0 Å². The van der Waals surface area contributed by atoms with E-state index in [0.717, 1.165) is 23.9 Å². The van der Waals surface area contributed by atoms with Gasteiger partial charge in [0.25, 0.3) is 0 Å². The van der Waals surface area contributed by atoms with E-state index in [2.05, 4.69) is 31.1 Å². The molecule has 0 aromatic rings. The predicted octanol–water partition coefficient (Wildman–Crippen LogP) is 2.89. The number of nitrogens with zero attached hydrogens (tertiary/aromatic N) is 1. The predicted molar refractivity (Wildman–Crippen MR) is 74.2 cm³/mol. The zero-order chi connectivity index (χ0) is 12.3. The molecule has 17 heavy (non-hydrogen) atoms. The van der Waals surface area contributed by atoms with Crippen molar-refractivity contribution in [3.05, 3.63) is 0 Å². The van der Waals surface area contributed by atoms with Gasteiger partial charge in [0.15, 0.2) is 0 Å². The summed E-state index contributed by atoms with van der Waals surface area (Å²) in [5.41, 5.74) is 0.